The van der Waals surface area contributed by atoms with Gasteiger partial charge in [-0.2, -0.15) is 0 Å². The fourth-order valence-corrected chi connectivity index (χ4v) is 3.05. The zero-order valence-corrected chi connectivity index (χ0v) is 15.5. The van der Waals surface area contributed by atoms with Crippen LogP contribution in [-0.4, -0.2) is 24.0 Å². The predicted molar refractivity (Wildman–Crippen MR) is 98.0 cm³/mol. The van der Waals surface area contributed by atoms with Gasteiger partial charge in [0.05, 0.1) is 18.4 Å². The Balaban J connectivity index is 2.33. The summed E-state index contributed by atoms with van der Waals surface area (Å²) in [4.78, 5) is 12.5. The first-order chi connectivity index (χ1) is 12.0. The molecule has 4 heteroatoms. The molecule has 1 aliphatic rings. The number of fused-ring (bicyclic) bond motifs is 1. The summed E-state index contributed by atoms with van der Waals surface area (Å²) in [6, 6.07) is 8.17. The largest absolute Gasteiger partial charge is 0.468 e. The molecule has 0 amide bonds. The van der Waals surface area contributed by atoms with Gasteiger partial charge in [-0.05, 0) is 63.7 Å². The van der Waals surface area contributed by atoms with Crippen LogP contribution < -0.4 is 0 Å². The van der Waals surface area contributed by atoms with E-state index in [2.05, 4.69) is 12.1 Å². The molecule has 0 saturated carbocycles. The van der Waals surface area contributed by atoms with E-state index in [1.54, 1.807) is 6.92 Å². The molecule has 0 aliphatic heterocycles. The number of ether oxygens (including phenoxy) is 2. The zero-order valence-electron chi connectivity index (χ0n) is 15.5. The second-order valence-corrected chi connectivity index (χ2v) is 6.61. The van der Waals surface area contributed by atoms with Gasteiger partial charge in [-0.25, -0.2) is 4.79 Å². The van der Waals surface area contributed by atoms with Gasteiger partial charge in [0.2, 0.25) is 6.29 Å². The van der Waals surface area contributed by atoms with E-state index in [0.717, 1.165) is 36.0 Å². The van der Waals surface area contributed by atoms with Crippen LogP contribution in [0.1, 0.15) is 57.6 Å². The Kier molecular flexibility index (Phi) is 6.82. The summed E-state index contributed by atoms with van der Waals surface area (Å²) in [5, 5.41) is 10.2. The maximum absolute atomic E-state index is 12.5. The van der Waals surface area contributed by atoms with E-state index in [4.69, 9.17) is 9.47 Å². The lowest BCUT2D eigenvalue weighted by molar-refractivity contribution is -0.139. The van der Waals surface area contributed by atoms with Gasteiger partial charge >= 0.3 is 5.97 Å². The number of allylic oxidation sites excluding steroid dienone is 1. The summed E-state index contributed by atoms with van der Waals surface area (Å²) in [7, 11) is 0. The lowest BCUT2D eigenvalue weighted by Crippen LogP contribution is -2.20. The van der Waals surface area contributed by atoms with Crippen LogP contribution in [-0.2, 0) is 20.7 Å². The van der Waals surface area contributed by atoms with Crippen molar-refractivity contribution in [1.82, 2.24) is 0 Å². The summed E-state index contributed by atoms with van der Waals surface area (Å²) in [6.45, 7) is 7.73. The van der Waals surface area contributed by atoms with Crippen molar-refractivity contribution in [2.24, 2.45) is 0 Å². The van der Waals surface area contributed by atoms with Crippen LogP contribution in [0, 0.1) is 0 Å². The fourth-order valence-electron chi connectivity index (χ4n) is 3.05. The van der Waals surface area contributed by atoms with Gasteiger partial charge in [-0.3, -0.25) is 0 Å². The minimum Gasteiger partial charge on any atom is -0.468 e. The fraction of sp³-hybridized carbons (Fsp3) is 0.476. The molecule has 1 aliphatic carbocycles. The number of hydrogen-bond donors (Lipinski definition) is 1. The first kappa shape index (κ1) is 19.3. The van der Waals surface area contributed by atoms with Crippen molar-refractivity contribution in [3.63, 3.8) is 0 Å². The molecule has 0 aromatic heterocycles. The van der Waals surface area contributed by atoms with Crippen LogP contribution in [0.4, 0.5) is 0 Å². The Labute approximate surface area is 150 Å². The van der Waals surface area contributed by atoms with Gasteiger partial charge in [-0.15, -0.1) is 0 Å². The maximum Gasteiger partial charge on any atom is 0.337 e. The minimum atomic E-state index is -1.06. The van der Waals surface area contributed by atoms with E-state index < -0.39 is 6.29 Å². The number of rotatable bonds is 6. The highest BCUT2D eigenvalue weighted by Gasteiger charge is 2.29. The first-order valence-corrected chi connectivity index (χ1v) is 8.88. The van der Waals surface area contributed by atoms with E-state index in [-0.39, 0.29) is 11.9 Å². The molecule has 0 radical (unpaired) electrons. The SMILES string of the molecule is CCOC(=O)/C(=C/OC(O)C(C)=C(C)C)C1CCCc2ccccc21. The van der Waals surface area contributed by atoms with Crippen molar-refractivity contribution in [3.05, 3.63) is 58.4 Å². The number of hydrogen-bond acceptors (Lipinski definition) is 4. The third-order valence-corrected chi connectivity index (χ3v) is 4.74. The van der Waals surface area contributed by atoms with E-state index in [1.807, 2.05) is 32.9 Å². The molecule has 2 unspecified atom stereocenters. The molecule has 136 valence electrons. The molecule has 1 aromatic rings. The van der Waals surface area contributed by atoms with Crippen LogP contribution >= 0.6 is 0 Å². The van der Waals surface area contributed by atoms with Gasteiger partial charge in [0, 0.05) is 5.92 Å². The van der Waals surface area contributed by atoms with E-state index in [9.17, 15) is 9.90 Å². The Hall–Kier alpha value is -2.07. The molecule has 1 aromatic carbocycles. The molecule has 0 fully saturated rings. The molecule has 0 saturated heterocycles. The normalized spacial score (nSPS) is 18.1. The van der Waals surface area contributed by atoms with E-state index in [1.165, 1.54) is 11.8 Å². The van der Waals surface area contributed by atoms with Crippen molar-refractivity contribution in [3.8, 4) is 0 Å². The van der Waals surface area contributed by atoms with Gasteiger partial charge < -0.3 is 14.6 Å². The molecule has 0 bridgehead atoms. The average Bonchev–Trinajstić information content (AvgIpc) is 2.61. The Morgan fingerprint density at radius 1 is 1.32 bits per heavy atom. The van der Waals surface area contributed by atoms with Crippen LogP contribution in [0.15, 0.2) is 47.2 Å². The molecule has 4 nitrogen and oxygen atoms in total. The lowest BCUT2D eigenvalue weighted by Gasteiger charge is -2.27. The van der Waals surface area contributed by atoms with Crippen LogP contribution in [0.2, 0.25) is 0 Å². The number of aryl methyl sites for hydroxylation is 1. The van der Waals surface area contributed by atoms with Gasteiger partial charge in [0.25, 0.3) is 0 Å². The van der Waals surface area contributed by atoms with Gasteiger partial charge in [-0.1, -0.05) is 29.8 Å². The van der Waals surface area contributed by atoms with Crippen LogP contribution in [0.5, 0.6) is 0 Å². The first-order valence-electron chi connectivity index (χ1n) is 8.88. The molecule has 2 atom stereocenters. The summed E-state index contributed by atoms with van der Waals surface area (Å²) in [5.74, 6) is -0.450. The van der Waals surface area contributed by atoms with Crippen molar-refractivity contribution in [1.29, 1.82) is 0 Å². The summed E-state index contributed by atoms with van der Waals surface area (Å²) < 4.78 is 10.7. The van der Waals surface area contributed by atoms with Crippen molar-refractivity contribution < 1.29 is 19.4 Å². The van der Waals surface area contributed by atoms with Crippen molar-refractivity contribution >= 4 is 5.97 Å². The van der Waals surface area contributed by atoms with E-state index >= 15 is 0 Å². The Morgan fingerprint density at radius 2 is 2.04 bits per heavy atom. The average molecular weight is 344 g/mol. The third-order valence-electron chi connectivity index (χ3n) is 4.74. The number of aliphatic hydroxyl groups is 1. The predicted octanol–water partition coefficient (Wildman–Crippen LogP) is 4.24. The topological polar surface area (TPSA) is 55.8 Å². The molecule has 2 rings (SSSR count). The number of benzene rings is 1. The highest BCUT2D eigenvalue weighted by atomic mass is 16.6. The summed E-state index contributed by atoms with van der Waals surface area (Å²) >= 11 is 0. The highest BCUT2D eigenvalue weighted by Crippen LogP contribution is 2.37. The van der Waals surface area contributed by atoms with Crippen molar-refractivity contribution in [2.45, 2.75) is 59.2 Å². The number of carbonyl (C=O) groups is 1. The van der Waals surface area contributed by atoms with Gasteiger partial charge in [0.15, 0.2) is 0 Å². The molecular formula is C21H28O4. The quantitative estimate of drug-likeness (QED) is 0.276. The van der Waals surface area contributed by atoms with Crippen LogP contribution in [0.3, 0.4) is 0 Å². The highest BCUT2D eigenvalue weighted by molar-refractivity contribution is 5.90. The van der Waals surface area contributed by atoms with Gasteiger partial charge in [0.1, 0.15) is 0 Å². The minimum absolute atomic E-state index is 0.0665. The standard InChI is InChI=1S/C21H28O4/c1-5-24-21(23)19(13-25-20(22)15(4)14(2)3)18-12-8-10-16-9-6-7-11-17(16)18/h6-7,9,11,13,18,20,22H,5,8,10,12H2,1-4H3/b19-13+. The second-order valence-electron chi connectivity index (χ2n) is 6.61. The smallest absolute Gasteiger partial charge is 0.337 e. The monoisotopic (exact) mass is 344 g/mol. The lowest BCUT2D eigenvalue weighted by atomic mass is 9.79. The molecule has 25 heavy (non-hydrogen) atoms. The molecule has 1 N–H and O–H groups in total. The van der Waals surface area contributed by atoms with Crippen molar-refractivity contribution in [2.75, 3.05) is 6.61 Å². The summed E-state index contributed by atoms with van der Waals surface area (Å²) in [5.41, 5.74) is 4.60. The summed E-state index contributed by atoms with van der Waals surface area (Å²) in [6.07, 6.45) is 3.22. The van der Waals surface area contributed by atoms with Crippen LogP contribution in [0.25, 0.3) is 0 Å². The molecule has 0 spiro atoms. The number of esters is 1. The number of carbonyl (C=O) groups excluding carboxylic acids is 1. The second kappa shape index (κ2) is 8.86. The Bertz CT molecular complexity index is 668. The molecular weight excluding hydrogens is 316 g/mol. The third kappa shape index (κ3) is 4.73. The zero-order chi connectivity index (χ0) is 18.4. The van der Waals surface area contributed by atoms with E-state index in [0.29, 0.717) is 12.2 Å². The Morgan fingerprint density at radius 3 is 2.72 bits per heavy atom. The number of aliphatic hydroxyl groups excluding tert-OH is 1. The maximum atomic E-state index is 12.5. The molecule has 0 heterocycles.